The maximum Gasteiger partial charge on any atom is 0.237 e. The quantitative estimate of drug-likeness (QED) is 0.861. The van der Waals surface area contributed by atoms with E-state index in [1.807, 2.05) is 18.7 Å². The van der Waals surface area contributed by atoms with Crippen molar-refractivity contribution in [2.75, 3.05) is 26.2 Å². The molecule has 5 nitrogen and oxygen atoms in total. The largest absolute Gasteiger partial charge is 0.353 e. The van der Waals surface area contributed by atoms with Crippen molar-refractivity contribution in [2.45, 2.75) is 32.9 Å². The van der Waals surface area contributed by atoms with E-state index in [0.29, 0.717) is 32.7 Å². The molecular formula is C17H24FN3O2. The van der Waals surface area contributed by atoms with Gasteiger partial charge in [-0.1, -0.05) is 12.1 Å². The zero-order valence-electron chi connectivity index (χ0n) is 13.7. The molecule has 0 radical (unpaired) electrons. The van der Waals surface area contributed by atoms with Crippen molar-refractivity contribution in [3.8, 4) is 0 Å². The number of piperazine rings is 1. The second-order valence-electron chi connectivity index (χ2n) is 5.67. The second kappa shape index (κ2) is 8.06. The lowest BCUT2D eigenvalue weighted by Crippen LogP contribution is -2.56. The zero-order chi connectivity index (χ0) is 16.8. The van der Waals surface area contributed by atoms with E-state index in [0.717, 1.165) is 5.56 Å². The molecule has 1 aromatic rings. The number of nitrogens with zero attached hydrogens (tertiary/aromatic N) is 2. The van der Waals surface area contributed by atoms with Crippen LogP contribution in [0.1, 0.15) is 25.8 Å². The van der Waals surface area contributed by atoms with Crippen LogP contribution in [0.25, 0.3) is 0 Å². The van der Waals surface area contributed by atoms with Crippen LogP contribution in [0, 0.1) is 5.82 Å². The molecule has 0 bridgehead atoms. The molecule has 1 heterocycles. The molecule has 1 aromatic carbocycles. The van der Waals surface area contributed by atoms with Crippen LogP contribution >= 0.6 is 0 Å². The Morgan fingerprint density at radius 2 is 1.96 bits per heavy atom. The number of hydrogen-bond acceptors (Lipinski definition) is 3. The van der Waals surface area contributed by atoms with Crippen LogP contribution in [-0.2, 0) is 16.1 Å². The average Bonchev–Trinajstić information content (AvgIpc) is 2.54. The molecule has 0 aromatic heterocycles. The van der Waals surface area contributed by atoms with Crippen molar-refractivity contribution < 1.29 is 14.0 Å². The van der Waals surface area contributed by atoms with Gasteiger partial charge in [-0.3, -0.25) is 14.5 Å². The number of carbonyl (C=O) groups excluding carboxylic acids is 2. The molecule has 0 aliphatic carbocycles. The van der Waals surface area contributed by atoms with Gasteiger partial charge in [0, 0.05) is 32.7 Å². The van der Waals surface area contributed by atoms with Gasteiger partial charge < -0.3 is 10.2 Å². The van der Waals surface area contributed by atoms with Gasteiger partial charge in [-0.05, 0) is 31.5 Å². The summed E-state index contributed by atoms with van der Waals surface area (Å²) in [5.74, 6) is -0.404. The smallest absolute Gasteiger partial charge is 0.237 e. The van der Waals surface area contributed by atoms with E-state index in [2.05, 4.69) is 5.32 Å². The molecule has 1 saturated heterocycles. The highest BCUT2D eigenvalue weighted by molar-refractivity contribution is 5.88. The van der Waals surface area contributed by atoms with E-state index in [-0.39, 0.29) is 24.1 Å². The minimum Gasteiger partial charge on any atom is -0.353 e. The second-order valence-corrected chi connectivity index (χ2v) is 5.67. The van der Waals surface area contributed by atoms with Gasteiger partial charge in [0.15, 0.2) is 0 Å². The van der Waals surface area contributed by atoms with Gasteiger partial charge in [0.25, 0.3) is 0 Å². The molecule has 1 aliphatic rings. The predicted octanol–water partition coefficient (Wildman–Crippen LogP) is 1.38. The molecule has 1 fully saturated rings. The summed E-state index contributed by atoms with van der Waals surface area (Å²) in [6.07, 6.45) is 0.175. The van der Waals surface area contributed by atoms with E-state index in [1.165, 1.54) is 12.1 Å². The lowest BCUT2D eigenvalue weighted by molar-refractivity contribution is -0.138. The maximum atomic E-state index is 13.0. The first-order valence-electron chi connectivity index (χ1n) is 8.09. The Morgan fingerprint density at radius 3 is 2.57 bits per heavy atom. The van der Waals surface area contributed by atoms with Crippen molar-refractivity contribution in [1.29, 1.82) is 0 Å². The molecule has 1 atom stereocenters. The van der Waals surface area contributed by atoms with Crippen molar-refractivity contribution in [3.63, 3.8) is 0 Å². The standard InChI is InChI=1S/C17H24FN3O2/c1-3-20(4-2)16(22)11-15-17(23)19-9-10-21(15)12-13-5-7-14(18)8-6-13/h5-8,15H,3-4,9-12H2,1-2H3,(H,19,23)/t15-/m0/s1. The van der Waals surface area contributed by atoms with Gasteiger partial charge in [0.2, 0.25) is 11.8 Å². The first-order chi connectivity index (χ1) is 11.0. The monoisotopic (exact) mass is 321 g/mol. The average molecular weight is 321 g/mol. The van der Waals surface area contributed by atoms with Crippen LogP contribution in [0.5, 0.6) is 0 Å². The third kappa shape index (κ3) is 4.51. The summed E-state index contributed by atoms with van der Waals surface area (Å²) in [6, 6.07) is 5.78. The molecule has 2 rings (SSSR count). The third-order valence-corrected chi connectivity index (χ3v) is 4.22. The fourth-order valence-electron chi connectivity index (χ4n) is 2.87. The van der Waals surface area contributed by atoms with Gasteiger partial charge in [-0.25, -0.2) is 4.39 Å². The molecule has 6 heteroatoms. The summed E-state index contributed by atoms with van der Waals surface area (Å²) in [5, 5.41) is 2.83. The number of hydrogen-bond donors (Lipinski definition) is 1. The number of amides is 2. The number of benzene rings is 1. The number of halogens is 1. The topological polar surface area (TPSA) is 52.7 Å². The molecule has 126 valence electrons. The Balaban J connectivity index is 2.07. The predicted molar refractivity (Wildman–Crippen MR) is 86.2 cm³/mol. The molecule has 23 heavy (non-hydrogen) atoms. The van der Waals surface area contributed by atoms with Crippen molar-refractivity contribution in [3.05, 3.63) is 35.6 Å². The van der Waals surface area contributed by atoms with E-state index < -0.39 is 6.04 Å². The van der Waals surface area contributed by atoms with E-state index >= 15 is 0 Å². The first kappa shape index (κ1) is 17.4. The first-order valence-corrected chi connectivity index (χ1v) is 8.09. The fourth-order valence-corrected chi connectivity index (χ4v) is 2.87. The molecule has 0 unspecified atom stereocenters. The highest BCUT2D eigenvalue weighted by Crippen LogP contribution is 2.15. The van der Waals surface area contributed by atoms with Crippen molar-refractivity contribution in [2.24, 2.45) is 0 Å². The number of rotatable bonds is 6. The summed E-state index contributed by atoms with van der Waals surface area (Å²) in [4.78, 5) is 28.3. The summed E-state index contributed by atoms with van der Waals surface area (Å²) in [7, 11) is 0. The molecule has 0 saturated carbocycles. The van der Waals surface area contributed by atoms with E-state index in [9.17, 15) is 14.0 Å². The van der Waals surface area contributed by atoms with Crippen LogP contribution in [0.4, 0.5) is 4.39 Å². The molecule has 0 spiro atoms. The van der Waals surface area contributed by atoms with Gasteiger partial charge in [-0.15, -0.1) is 0 Å². The van der Waals surface area contributed by atoms with Crippen LogP contribution in [0.15, 0.2) is 24.3 Å². The van der Waals surface area contributed by atoms with Crippen molar-refractivity contribution >= 4 is 11.8 Å². The Morgan fingerprint density at radius 1 is 1.30 bits per heavy atom. The van der Waals surface area contributed by atoms with E-state index in [1.54, 1.807) is 17.0 Å². The van der Waals surface area contributed by atoms with Crippen LogP contribution in [0.2, 0.25) is 0 Å². The van der Waals surface area contributed by atoms with Gasteiger partial charge in [0.05, 0.1) is 12.5 Å². The minimum absolute atomic E-state index is 0.0128. The Kier molecular flexibility index (Phi) is 6.10. The maximum absolute atomic E-state index is 13.0. The fraction of sp³-hybridized carbons (Fsp3) is 0.529. The van der Waals surface area contributed by atoms with Crippen LogP contribution in [0.3, 0.4) is 0 Å². The summed E-state index contributed by atoms with van der Waals surface area (Å²) in [5.41, 5.74) is 0.932. The molecular weight excluding hydrogens is 297 g/mol. The Labute approximate surface area is 136 Å². The van der Waals surface area contributed by atoms with Gasteiger partial charge in [0.1, 0.15) is 5.82 Å². The third-order valence-electron chi connectivity index (χ3n) is 4.22. The normalized spacial score (nSPS) is 18.6. The van der Waals surface area contributed by atoms with Gasteiger partial charge in [-0.2, -0.15) is 0 Å². The van der Waals surface area contributed by atoms with E-state index in [4.69, 9.17) is 0 Å². The Bertz CT molecular complexity index is 543. The SMILES string of the molecule is CCN(CC)C(=O)C[C@H]1C(=O)NCCN1Cc1ccc(F)cc1. The summed E-state index contributed by atoms with van der Waals surface area (Å²) < 4.78 is 13.0. The van der Waals surface area contributed by atoms with Crippen LogP contribution < -0.4 is 5.32 Å². The summed E-state index contributed by atoms with van der Waals surface area (Å²) in [6.45, 7) is 6.92. The lowest BCUT2D eigenvalue weighted by Gasteiger charge is -2.35. The minimum atomic E-state index is -0.470. The lowest BCUT2D eigenvalue weighted by atomic mass is 10.1. The number of carbonyl (C=O) groups is 2. The highest BCUT2D eigenvalue weighted by atomic mass is 19.1. The van der Waals surface area contributed by atoms with Gasteiger partial charge >= 0.3 is 0 Å². The van der Waals surface area contributed by atoms with Crippen LogP contribution in [-0.4, -0.2) is 53.8 Å². The molecule has 1 N–H and O–H groups in total. The highest BCUT2D eigenvalue weighted by Gasteiger charge is 2.32. The zero-order valence-corrected chi connectivity index (χ0v) is 13.7. The van der Waals surface area contributed by atoms with Crippen molar-refractivity contribution in [1.82, 2.24) is 15.1 Å². The molecule has 1 aliphatic heterocycles. The number of nitrogens with one attached hydrogen (secondary N) is 1. The Hall–Kier alpha value is -1.95. The summed E-state index contributed by atoms with van der Waals surface area (Å²) >= 11 is 0. The molecule has 2 amide bonds.